The predicted octanol–water partition coefficient (Wildman–Crippen LogP) is 1.40. The summed E-state index contributed by atoms with van der Waals surface area (Å²) in [7, 11) is 0. The zero-order valence-corrected chi connectivity index (χ0v) is 12.9. The van der Waals surface area contributed by atoms with Gasteiger partial charge in [0, 0.05) is 12.0 Å². The molecule has 2 aromatic rings. The zero-order chi connectivity index (χ0) is 15.6. The molecule has 3 rings (SSSR count). The number of amides is 1. The number of ether oxygens (including phenoxy) is 1. The smallest absolute Gasteiger partial charge is 0.273 e. The maximum absolute atomic E-state index is 12.1. The molecule has 0 unspecified atom stereocenters. The van der Waals surface area contributed by atoms with Gasteiger partial charge in [0.2, 0.25) is 0 Å². The summed E-state index contributed by atoms with van der Waals surface area (Å²) in [5.41, 5.74) is 2.75. The maximum atomic E-state index is 12.1. The number of carbonyl (C=O) groups excluding carboxylic acids is 1. The van der Waals surface area contributed by atoms with Gasteiger partial charge in [0.05, 0.1) is 26.0 Å². The Hall–Kier alpha value is -2.21. The lowest BCUT2D eigenvalue weighted by Gasteiger charge is -2.37. The van der Waals surface area contributed by atoms with Gasteiger partial charge in [-0.05, 0) is 18.1 Å². The SMILES string of the molecule is Cc1ccccc1Cn1cc(C(=O)NCC2(C)COC2)nn1. The number of nitrogens with one attached hydrogen (secondary N) is 1. The molecule has 1 aliphatic heterocycles. The Bertz CT molecular complexity index is 676. The largest absolute Gasteiger partial charge is 0.380 e. The summed E-state index contributed by atoms with van der Waals surface area (Å²) in [5.74, 6) is -0.191. The first kappa shape index (κ1) is 14.7. The lowest BCUT2D eigenvalue weighted by molar-refractivity contribution is -0.0978. The Balaban J connectivity index is 1.61. The molecule has 2 heterocycles. The normalized spacial score (nSPS) is 16.1. The van der Waals surface area contributed by atoms with Gasteiger partial charge in [0.15, 0.2) is 5.69 Å². The van der Waals surface area contributed by atoms with Crippen molar-refractivity contribution in [2.45, 2.75) is 20.4 Å². The van der Waals surface area contributed by atoms with Crippen molar-refractivity contribution in [3.8, 4) is 0 Å². The molecule has 1 saturated heterocycles. The number of carbonyl (C=O) groups is 1. The van der Waals surface area contributed by atoms with Crippen molar-refractivity contribution in [3.05, 3.63) is 47.3 Å². The minimum absolute atomic E-state index is 0.0484. The Morgan fingerprint density at radius 2 is 2.18 bits per heavy atom. The molecule has 22 heavy (non-hydrogen) atoms. The van der Waals surface area contributed by atoms with Crippen molar-refractivity contribution in [1.29, 1.82) is 0 Å². The van der Waals surface area contributed by atoms with Crippen molar-refractivity contribution in [3.63, 3.8) is 0 Å². The molecule has 0 saturated carbocycles. The van der Waals surface area contributed by atoms with E-state index in [1.54, 1.807) is 10.9 Å². The summed E-state index contributed by atoms with van der Waals surface area (Å²) >= 11 is 0. The molecule has 1 aromatic heterocycles. The van der Waals surface area contributed by atoms with E-state index >= 15 is 0 Å². The second-order valence-corrected chi connectivity index (χ2v) is 6.21. The molecule has 116 valence electrons. The molecular weight excluding hydrogens is 280 g/mol. The Morgan fingerprint density at radius 1 is 1.41 bits per heavy atom. The average Bonchev–Trinajstić information content (AvgIpc) is 2.94. The fraction of sp³-hybridized carbons (Fsp3) is 0.438. The van der Waals surface area contributed by atoms with Gasteiger partial charge in [-0.15, -0.1) is 5.10 Å². The maximum Gasteiger partial charge on any atom is 0.273 e. The summed E-state index contributed by atoms with van der Waals surface area (Å²) in [5, 5.41) is 10.9. The van der Waals surface area contributed by atoms with Gasteiger partial charge in [-0.3, -0.25) is 4.79 Å². The number of aromatic nitrogens is 3. The first-order valence-corrected chi connectivity index (χ1v) is 7.36. The van der Waals surface area contributed by atoms with E-state index in [0.717, 1.165) is 0 Å². The van der Waals surface area contributed by atoms with E-state index in [-0.39, 0.29) is 11.3 Å². The van der Waals surface area contributed by atoms with E-state index in [9.17, 15) is 4.79 Å². The van der Waals surface area contributed by atoms with Crippen LogP contribution in [0.15, 0.2) is 30.5 Å². The number of benzene rings is 1. The number of nitrogens with zero attached hydrogens (tertiary/aromatic N) is 3. The summed E-state index contributed by atoms with van der Waals surface area (Å²) in [6, 6.07) is 8.10. The highest BCUT2D eigenvalue weighted by molar-refractivity contribution is 5.91. The fourth-order valence-corrected chi connectivity index (χ4v) is 2.38. The molecular formula is C16H20N4O2. The minimum atomic E-state index is -0.191. The first-order valence-electron chi connectivity index (χ1n) is 7.36. The van der Waals surface area contributed by atoms with Crippen LogP contribution in [-0.2, 0) is 11.3 Å². The van der Waals surface area contributed by atoms with Gasteiger partial charge in [0.25, 0.3) is 5.91 Å². The molecule has 0 bridgehead atoms. The molecule has 1 aliphatic rings. The van der Waals surface area contributed by atoms with Gasteiger partial charge in [-0.2, -0.15) is 0 Å². The van der Waals surface area contributed by atoms with E-state index in [2.05, 4.69) is 35.5 Å². The van der Waals surface area contributed by atoms with Gasteiger partial charge in [0.1, 0.15) is 0 Å². The highest BCUT2D eigenvalue weighted by atomic mass is 16.5. The zero-order valence-electron chi connectivity index (χ0n) is 12.9. The summed E-state index contributed by atoms with van der Waals surface area (Å²) in [4.78, 5) is 12.1. The lowest BCUT2D eigenvalue weighted by atomic mass is 9.89. The molecule has 1 N–H and O–H groups in total. The van der Waals surface area contributed by atoms with Crippen LogP contribution in [0, 0.1) is 12.3 Å². The van der Waals surface area contributed by atoms with Crippen molar-refractivity contribution >= 4 is 5.91 Å². The van der Waals surface area contributed by atoms with Crippen LogP contribution in [0.1, 0.15) is 28.5 Å². The molecule has 6 nitrogen and oxygen atoms in total. The molecule has 1 fully saturated rings. The second-order valence-electron chi connectivity index (χ2n) is 6.21. The van der Waals surface area contributed by atoms with Crippen molar-refractivity contribution in [2.24, 2.45) is 5.41 Å². The topological polar surface area (TPSA) is 69.0 Å². The summed E-state index contributed by atoms with van der Waals surface area (Å²) in [6.07, 6.45) is 1.68. The molecule has 0 spiro atoms. The van der Waals surface area contributed by atoms with Crippen LogP contribution >= 0.6 is 0 Å². The van der Waals surface area contributed by atoms with Crippen molar-refractivity contribution < 1.29 is 9.53 Å². The Kier molecular flexibility index (Phi) is 3.94. The van der Waals surface area contributed by atoms with Crippen LogP contribution in [0.3, 0.4) is 0 Å². The quantitative estimate of drug-likeness (QED) is 0.906. The van der Waals surface area contributed by atoms with Crippen LogP contribution < -0.4 is 5.32 Å². The summed E-state index contributed by atoms with van der Waals surface area (Å²) in [6.45, 7) is 6.72. The van der Waals surface area contributed by atoms with Gasteiger partial charge < -0.3 is 10.1 Å². The number of hydrogen-bond donors (Lipinski definition) is 1. The third-order valence-electron chi connectivity index (χ3n) is 3.94. The number of aryl methyl sites for hydroxylation is 1. The highest BCUT2D eigenvalue weighted by Crippen LogP contribution is 2.25. The monoisotopic (exact) mass is 300 g/mol. The Labute approximate surface area is 129 Å². The predicted molar refractivity (Wildman–Crippen MR) is 81.6 cm³/mol. The molecule has 1 aromatic carbocycles. The number of rotatable bonds is 5. The first-order chi connectivity index (χ1) is 10.6. The van der Waals surface area contributed by atoms with Crippen molar-refractivity contribution in [2.75, 3.05) is 19.8 Å². The van der Waals surface area contributed by atoms with E-state index in [0.29, 0.717) is 32.0 Å². The van der Waals surface area contributed by atoms with Crippen LogP contribution in [-0.4, -0.2) is 40.7 Å². The molecule has 0 aliphatic carbocycles. The highest BCUT2D eigenvalue weighted by Gasteiger charge is 2.33. The van der Waals surface area contributed by atoms with Crippen molar-refractivity contribution in [1.82, 2.24) is 20.3 Å². The number of hydrogen-bond acceptors (Lipinski definition) is 4. The van der Waals surface area contributed by atoms with E-state index in [1.165, 1.54) is 11.1 Å². The molecule has 0 radical (unpaired) electrons. The van der Waals surface area contributed by atoms with Crippen LogP contribution in [0.25, 0.3) is 0 Å². The minimum Gasteiger partial charge on any atom is -0.380 e. The van der Waals surface area contributed by atoms with E-state index in [1.807, 2.05) is 18.2 Å². The van der Waals surface area contributed by atoms with E-state index < -0.39 is 0 Å². The van der Waals surface area contributed by atoms with E-state index in [4.69, 9.17) is 4.74 Å². The van der Waals surface area contributed by atoms with Crippen LogP contribution in [0.2, 0.25) is 0 Å². The van der Waals surface area contributed by atoms with Gasteiger partial charge >= 0.3 is 0 Å². The standard InChI is InChI=1S/C16H20N4O2/c1-12-5-3-4-6-13(12)7-20-8-14(18-19-20)15(21)17-9-16(2)10-22-11-16/h3-6,8H,7,9-11H2,1-2H3,(H,17,21). The van der Waals surface area contributed by atoms with Gasteiger partial charge in [-0.25, -0.2) is 4.68 Å². The third kappa shape index (κ3) is 3.17. The Morgan fingerprint density at radius 3 is 2.86 bits per heavy atom. The second kappa shape index (κ2) is 5.88. The van der Waals surface area contributed by atoms with Crippen LogP contribution in [0.5, 0.6) is 0 Å². The van der Waals surface area contributed by atoms with Gasteiger partial charge in [-0.1, -0.05) is 36.4 Å². The average molecular weight is 300 g/mol. The van der Waals surface area contributed by atoms with Crippen LogP contribution in [0.4, 0.5) is 0 Å². The molecule has 6 heteroatoms. The molecule has 1 amide bonds. The fourth-order valence-electron chi connectivity index (χ4n) is 2.38. The molecule has 0 atom stereocenters. The summed E-state index contributed by atoms with van der Waals surface area (Å²) < 4.78 is 6.86. The third-order valence-corrected chi connectivity index (χ3v) is 3.94. The lowest BCUT2D eigenvalue weighted by Crippen LogP contribution is -2.48.